The summed E-state index contributed by atoms with van der Waals surface area (Å²) < 4.78 is 12.7. The number of fused-ring (bicyclic) bond motifs is 6. The first-order valence-corrected chi connectivity index (χ1v) is 14.9. The molecule has 4 aromatic heterocycles. The van der Waals surface area contributed by atoms with Crippen molar-refractivity contribution in [2.24, 2.45) is 20.0 Å². The third-order valence-corrected chi connectivity index (χ3v) is 8.34. The molecule has 0 fully saturated rings. The Hall–Kier alpha value is -5.26. The van der Waals surface area contributed by atoms with E-state index < -0.39 is 28.5 Å². The fraction of sp³-hybridized carbons (Fsp3) is 0.333. The largest absolute Gasteiger partial charge is 0.466 e. The smallest absolute Gasteiger partial charge is 0.352 e. The molecule has 0 saturated heterocycles. The Labute approximate surface area is 256 Å². The molecule has 0 aliphatic heterocycles. The number of ether oxygens (including phenoxy) is 1. The second-order valence-corrected chi connectivity index (χ2v) is 11.6. The number of hydrogen-bond donors (Lipinski definition) is 0. The van der Waals surface area contributed by atoms with Crippen LogP contribution in [0.15, 0.2) is 67.7 Å². The van der Waals surface area contributed by atoms with Crippen LogP contribution >= 0.6 is 0 Å². The Bertz CT molecular complexity index is 2390. The summed E-state index contributed by atoms with van der Waals surface area (Å²) in [4.78, 5) is 69.8. The van der Waals surface area contributed by atoms with E-state index >= 15 is 0 Å². The molecule has 0 unspecified atom stereocenters. The summed E-state index contributed by atoms with van der Waals surface area (Å²) in [6, 6.07) is 14.9. The average molecular weight is 611 g/mol. The van der Waals surface area contributed by atoms with Gasteiger partial charge in [-0.2, -0.15) is 4.98 Å². The number of benzene rings is 1. The van der Waals surface area contributed by atoms with Crippen molar-refractivity contribution in [1.29, 1.82) is 0 Å². The molecule has 0 N–H and O–H groups in total. The van der Waals surface area contributed by atoms with Crippen LogP contribution in [-0.4, -0.2) is 40.4 Å². The normalized spacial score (nSPS) is 12.5. The maximum Gasteiger partial charge on any atom is 0.352 e. The summed E-state index contributed by atoms with van der Waals surface area (Å²) in [6.07, 6.45) is 1.44. The third kappa shape index (κ3) is 4.77. The summed E-state index contributed by atoms with van der Waals surface area (Å²) in [7, 11) is 3.08. The van der Waals surface area contributed by atoms with Crippen molar-refractivity contribution in [2.75, 3.05) is 6.61 Å². The maximum atomic E-state index is 13.9. The van der Waals surface area contributed by atoms with E-state index in [4.69, 9.17) is 4.74 Å². The predicted molar refractivity (Wildman–Crippen MR) is 173 cm³/mol. The van der Waals surface area contributed by atoms with Crippen LogP contribution in [0.2, 0.25) is 0 Å². The van der Waals surface area contributed by atoms with Crippen LogP contribution in [0.25, 0.3) is 49.6 Å². The Balaban J connectivity index is 1.81. The SMILES string of the molecule is CCCCn1c(=O)nc2c(c1=O)c1ccc3c4c(=O)n(C)c(=O)n(C)c4n(-c4ccccc4)c3cc1n2C[C@@H](C)COC(C)=O. The van der Waals surface area contributed by atoms with Crippen molar-refractivity contribution < 1.29 is 9.53 Å². The molecule has 12 heteroatoms. The van der Waals surface area contributed by atoms with Gasteiger partial charge in [-0.1, -0.05) is 50.6 Å². The topological polar surface area (TPSA) is 132 Å². The predicted octanol–water partition coefficient (Wildman–Crippen LogP) is 3.21. The highest BCUT2D eigenvalue weighted by molar-refractivity contribution is 6.13. The van der Waals surface area contributed by atoms with Crippen molar-refractivity contribution in [3.8, 4) is 5.69 Å². The van der Waals surface area contributed by atoms with E-state index in [0.717, 1.165) is 16.7 Å². The molecule has 0 amide bonds. The molecular weight excluding hydrogens is 576 g/mol. The van der Waals surface area contributed by atoms with Gasteiger partial charge in [-0.25, -0.2) is 9.59 Å². The summed E-state index contributed by atoms with van der Waals surface area (Å²) >= 11 is 0. The van der Waals surface area contributed by atoms with Gasteiger partial charge in [0.25, 0.3) is 11.1 Å². The number of carbonyl (C=O) groups excluding carboxylic acids is 1. The third-order valence-electron chi connectivity index (χ3n) is 8.34. The Kier molecular flexibility index (Phi) is 7.51. The molecule has 12 nitrogen and oxygen atoms in total. The standard InChI is InChI=1S/C33H34N6O6/c1-6-7-15-37-31(42)26-22-13-14-23-25(16-24(22)38(28(26)34-32(37)43)17-19(2)18-45-20(3)40)39(21-11-9-8-10-12-21)29-27(23)30(41)36(5)33(44)35(29)4/h8-14,16,19H,6-7,15,17-18H2,1-5H3/t19-/m1/s1. The average Bonchev–Trinajstić information content (AvgIpc) is 3.41. The first-order valence-electron chi connectivity index (χ1n) is 14.9. The molecule has 6 aromatic rings. The quantitative estimate of drug-likeness (QED) is 0.242. The number of aromatic nitrogens is 6. The molecule has 0 aliphatic carbocycles. The highest BCUT2D eigenvalue weighted by Gasteiger charge is 2.24. The molecule has 2 aromatic carbocycles. The van der Waals surface area contributed by atoms with Crippen LogP contribution in [0.5, 0.6) is 0 Å². The lowest BCUT2D eigenvalue weighted by Gasteiger charge is -2.14. The molecule has 232 valence electrons. The molecule has 0 aliphatic rings. The number of esters is 1. The monoisotopic (exact) mass is 610 g/mol. The van der Waals surface area contributed by atoms with E-state index in [1.807, 2.05) is 59.4 Å². The first-order chi connectivity index (χ1) is 21.5. The zero-order valence-electron chi connectivity index (χ0n) is 25.9. The van der Waals surface area contributed by atoms with Crippen molar-refractivity contribution in [3.63, 3.8) is 0 Å². The minimum atomic E-state index is -0.621. The van der Waals surface area contributed by atoms with Crippen LogP contribution < -0.4 is 22.5 Å². The molecule has 4 heterocycles. The van der Waals surface area contributed by atoms with Gasteiger partial charge >= 0.3 is 17.3 Å². The molecule has 0 radical (unpaired) electrons. The highest BCUT2D eigenvalue weighted by atomic mass is 16.5. The molecule has 0 saturated carbocycles. The van der Waals surface area contributed by atoms with Crippen molar-refractivity contribution >= 4 is 49.8 Å². The van der Waals surface area contributed by atoms with Gasteiger partial charge in [0.05, 0.1) is 28.4 Å². The Morgan fingerprint density at radius 2 is 1.58 bits per heavy atom. The van der Waals surface area contributed by atoms with Crippen LogP contribution in [0, 0.1) is 5.92 Å². The van der Waals surface area contributed by atoms with Gasteiger partial charge in [0.1, 0.15) is 5.65 Å². The molecule has 6 rings (SSSR count). The minimum absolute atomic E-state index is 0.130. The fourth-order valence-corrected chi connectivity index (χ4v) is 6.13. The minimum Gasteiger partial charge on any atom is -0.466 e. The number of unbranched alkanes of at least 4 members (excludes halogenated alkanes) is 1. The van der Waals surface area contributed by atoms with E-state index in [1.165, 1.54) is 23.1 Å². The van der Waals surface area contributed by atoms with Gasteiger partial charge in [-0.05, 0) is 24.6 Å². The lowest BCUT2D eigenvalue weighted by atomic mass is 10.2. The summed E-state index contributed by atoms with van der Waals surface area (Å²) in [5.41, 5.74) is 0.672. The van der Waals surface area contributed by atoms with Gasteiger partial charge in [0.15, 0.2) is 5.65 Å². The van der Waals surface area contributed by atoms with Crippen LogP contribution in [0.3, 0.4) is 0 Å². The van der Waals surface area contributed by atoms with E-state index in [-0.39, 0.29) is 31.3 Å². The zero-order valence-corrected chi connectivity index (χ0v) is 25.9. The number of aryl methyl sites for hydroxylation is 1. The number of para-hydroxylation sites is 1. The van der Waals surface area contributed by atoms with E-state index in [9.17, 15) is 24.0 Å². The summed E-state index contributed by atoms with van der Waals surface area (Å²) in [5, 5.41) is 1.82. The number of carbonyl (C=O) groups is 1. The molecule has 0 spiro atoms. The van der Waals surface area contributed by atoms with E-state index in [1.54, 1.807) is 19.2 Å². The number of hydrogen-bond acceptors (Lipinski definition) is 7. The number of nitrogens with zero attached hydrogens (tertiary/aromatic N) is 6. The van der Waals surface area contributed by atoms with Gasteiger partial charge in [-0.15, -0.1) is 0 Å². The molecule has 1 atom stereocenters. The second-order valence-electron chi connectivity index (χ2n) is 11.6. The van der Waals surface area contributed by atoms with Crippen LogP contribution in [-0.2, 0) is 36.7 Å². The molecule has 0 bridgehead atoms. The van der Waals surface area contributed by atoms with Crippen molar-refractivity contribution in [2.45, 2.75) is 46.7 Å². The van der Waals surface area contributed by atoms with Gasteiger partial charge in [-0.3, -0.25) is 32.7 Å². The van der Waals surface area contributed by atoms with Gasteiger partial charge in [0.2, 0.25) is 0 Å². The Morgan fingerprint density at radius 3 is 2.24 bits per heavy atom. The zero-order chi connectivity index (χ0) is 32.2. The van der Waals surface area contributed by atoms with Crippen LogP contribution in [0.4, 0.5) is 0 Å². The summed E-state index contributed by atoms with van der Waals surface area (Å²) in [6.45, 7) is 5.89. The van der Waals surface area contributed by atoms with Gasteiger partial charge in [0, 0.05) is 56.5 Å². The molecular formula is C33H34N6O6. The van der Waals surface area contributed by atoms with Crippen molar-refractivity contribution in [1.82, 2.24) is 27.8 Å². The number of rotatable bonds is 8. The summed E-state index contributed by atoms with van der Waals surface area (Å²) in [5.74, 6) is -0.600. The lowest BCUT2D eigenvalue weighted by Crippen LogP contribution is -2.37. The molecule has 45 heavy (non-hydrogen) atoms. The van der Waals surface area contributed by atoms with Crippen LogP contribution in [0.1, 0.15) is 33.6 Å². The maximum absolute atomic E-state index is 13.9. The Morgan fingerprint density at radius 1 is 0.889 bits per heavy atom. The van der Waals surface area contributed by atoms with Crippen molar-refractivity contribution in [3.05, 3.63) is 90.2 Å². The fourth-order valence-electron chi connectivity index (χ4n) is 6.13. The first kappa shape index (κ1) is 29.8. The van der Waals surface area contributed by atoms with E-state index in [0.29, 0.717) is 44.6 Å². The lowest BCUT2D eigenvalue weighted by molar-refractivity contribution is -0.142. The second kappa shape index (κ2) is 11.3. The highest BCUT2D eigenvalue weighted by Crippen LogP contribution is 2.33. The van der Waals surface area contributed by atoms with Gasteiger partial charge < -0.3 is 9.30 Å². The van der Waals surface area contributed by atoms with E-state index in [2.05, 4.69) is 4.98 Å².